The molecule has 1 aromatic carbocycles. The minimum absolute atomic E-state index is 0.148. The van der Waals surface area contributed by atoms with Crippen molar-refractivity contribution in [1.29, 1.82) is 0 Å². The number of hydrogen-bond acceptors (Lipinski definition) is 3. The third-order valence-electron chi connectivity index (χ3n) is 1.87. The summed E-state index contributed by atoms with van der Waals surface area (Å²) < 4.78 is 2.89. The summed E-state index contributed by atoms with van der Waals surface area (Å²) in [5.74, 6) is 0. The Balaban J connectivity index is 2.70. The molecule has 1 heterocycles. The van der Waals surface area contributed by atoms with Gasteiger partial charge in [-0.25, -0.2) is 0 Å². The summed E-state index contributed by atoms with van der Waals surface area (Å²) in [6, 6.07) is 4.89. The van der Waals surface area contributed by atoms with Gasteiger partial charge in [-0.05, 0) is 0 Å². The number of non-ortho nitro benzene ring substituents is 1. The Labute approximate surface area is 78.2 Å². The van der Waals surface area contributed by atoms with Crippen LogP contribution in [0.3, 0.4) is 0 Å². The molecule has 2 aromatic rings. The van der Waals surface area contributed by atoms with Gasteiger partial charge in [0.05, 0.1) is 4.92 Å². The third kappa shape index (κ3) is 1.27. The number of nitro groups is 1. The molecule has 0 bridgehead atoms. The molecular weight excluding hydrogens is 188 g/mol. The summed E-state index contributed by atoms with van der Waals surface area (Å²) >= 11 is 1.50. The van der Waals surface area contributed by atoms with Crippen molar-refractivity contribution in [2.45, 2.75) is 0 Å². The van der Waals surface area contributed by atoms with Gasteiger partial charge in [0.15, 0.2) is 0 Å². The molecule has 0 N–H and O–H groups in total. The summed E-state index contributed by atoms with van der Waals surface area (Å²) in [5, 5.41) is 10.5. The number of hydrogen-bond donors (Lipinski definition) is 0. The number of nitro benzene ring substituents is 1. The van der Waals surface area contributed by atoms with Crippen LogP contribution in [0.15, 0.2) is 23.7 Å². The van der Waals surface area contributed by atoms with Crippen molar-refractivity contribution in [2.75, 3.05) is 0 Å². The van der Waals surface area contributed by atoms with Crippen LogP contribution >= 0.6 is 11.3 Å². The van der Waals surface area contributed by atoms with E-state index < -0.39 is 0 Å². The minimum Gasteiger partial charge on any atom is -0.258 e. The Bertz CT molecular complexity index is 478. The van der Waals surface area contributed by atoms with Gasteiger partial charge in [-0.2, -0.15) is 4.57 Å². The molecule has 2 rings (SSSR count). The van der Waals surface area contributed by atoms with Gasteiger partial charge in [0.25, 0.3) is 5.69 Å². The first-order chi connectivity index (χ1) is 6.18. The maximum atomic E-state index is 10.5. The second-order valence-corrected chi connectivity index (χ2v) is 3.63. The molecule has 0 aliphatic heterocycles. The molecule has 0 saturated heterocycles. The Morgan fingerprint density at radius 1 is 1.54 bits per heavy atom. The number of rotatable bonds is 1. The smallest absolute Gasteiger partial charge is 0.258 e. The van der Waals surface area contributed by atoms with E-state index in [0.717, 1.165) is 10.2 Å². The molecule has 0 unspecified atom stereocenters. The van der Waals surface area contributed by atoms with Crippen LogP contribution < -0.4 is 4.57 Å². The van der Waals surface area contributed by atoms with Crippen LogP contribution in [-0.2, 0) is 7.05 Å². The molecule has 0 spiro atoms. The zero-order valence-electron chi connectivity index (χ0n) is 6.93. The molecule has 5 heteroatoms. The lowest BCUT2D eigenvalue weighted by Crippen LogP contribution is -2.24. The van der Waals surface area contributed by atoms with E-state index in [1.54, 1.807) is 12.1 Å². The number of thiazole rings is 1. The van der Waals surface area contributed by atoms with Crippen molar-refractivity contribution < 1.29 is 9.49 Å². The highest BCUT2D eigenvalue weighted by atomic mass is 32.1. The summed E-state index contributed by atoms with van der Waals surface area (Å²) in [5.41, 5.74) is 3.10. The normalized spacial score (nSPS) is 10.5. The molecular formula is C8H7N2O2S+. The average Bonchev–Trinajstić information content (AvgIpc) is 2.47. The van der Waals surface area contributed by atoms with Gasteiger partial charge >= 0.3 is 0 Å². The summed E-state index contributed by atoms with van der Waals surface area (Å²) in [7, 11) is 1.92. The largest absolute Gasteiger partial charge is 0.271 e. The lowest BCUT2D eigenvalue weighted by Gasteiger charge is -1.88. The van der Waals surface area contributed by atoms with Gasteiger partial charge in [-0.1, -0.05) is 11.3 Å². The van der Waals surface area contributed by atoms with Gasteiger partial charge < -0.3 is 0 Å². The van der Waals surface area contributed by atoms with E-state index in [0.29, 0.717) is 0 Å². The zero-order valence-corrected chi connectivity index (χ0v) is 7.75. The fraction of sp³-hybridized carbons (Fsp3) is 0.125. The first kappa shape index (κ1) is 8.12. The van der Waals surface area contributed by atoms with E-state index in [4.69, 9.17) is 0 Å². The molecule has 66 valence electrons. The van der Waals surface area contributed by atoms with E-state index in [1.807, 2.05) is 17.1 Å². The first-order valence-electron chi connectivity index (χ1n) is 3.70. The van der Waals surface area contributed by atoms with Gasteiger partial charge in [0.2, 0.25) is 11.0 Å². The van der Waals surface area contributed by atoms with E-state index in [-0.39, 0.29) is 10.6 Å². The van der Waals surface area contributed by atoms with Crippen LogP contribution in [0.1, 0.15) is 0 Å². The Hall–Kier alpha value is -1.49. The van der Waals surface area contributed by atoms with Crippen LogP contribution in [0.5, 0.6) is 0 Å². The monoisotopic (exact) mass is 195 g/mol. The lowest BCUT2D eigenvalue weighted by atomic mass is 10.3. The highest BCUT2D eigenvalue weighted by Gasteiger charge is 2.12. The molecule has 0 atom stereocenters. The van der Waals surface area contributed by atoms with E-state index >= 15 is 0 Å². The van der Waals surface area contributed by atoms with Crippen LogP contribution in [0, 0.1) is 10.1 Å². The zero-order chi connectivity index (χ0) is 9.42. The fourth-order valence-electron chi connectivity index (χ4n) is 1.19. The quantitative estimate of drug-likeness (QED) is 0.394. The van der Waals surface area contributed by atoms with Crippen LogP contribution in [-0.4, -0.2) is 4.92 Å². The van der Waals surface area contributed by atoms with Crippen molar-refractivity contribution in [1.82, 2.24) is 0 Å². The standard InChI is InChI=1S/C8H7N2O2S/c1-9-5-13-8-4-6(10(11)12)2-3-7(8)9/h2-5H,1H3/q+1. The van der Waals surface area contributed by atoms with Gasteiger partial charge in [-0.15, -0.1) is 0 Å². The molecule has 1 aromatic heterocycles. The SMILES string of the molecule is C[n+]1csc2cc([N+](=O)[O-])ccc21. The van der Waals surface area contributed by atoms with Crippen molar-refractivity contribution >= 4 is 27.2 Å². The van der Waals surface area contributed by atoms with Gasteiger partial charge in [0.1, 0.15) is 11.7 Å². The second kappa shape index (κ2) is 2.77. The minimum atomic E-state index is -0.376. The van der Waals surface area contributed by atoms with Crippen molar-refractivity contribution in [3.63, 3.8) is 0 Å². The molecule has 0 amide bonds. The van der Waals surface area contributed by atoms with E-state index in [2.05, 4.69) is 0 Å². The highest BCUT2D eigenvalue weighted by Crippen LogP contribution is 2.21. The third-order valence-corrected chi connectivity index (χ3v) is 2.87. The number of aryl methyl sites for hydroxylation is 1. The molecule has 0 saturated carbocycles. The second-order valence-electron chi connectivity index (χ2n) is 2.74. The number of benzene rings is 1. The average molecular weight is 195 g/mol. The van der Waals surface area contributed by atoms with Crippen LogP contribution in [0.2, 0.25) is 0 Å². The predicted octanol–water partition coefficient (Wildman–Crippen LogP) is 1.63. The summed E-state index contributed by atoms with van der Waals surface area (Å²) in [4.78, 5) is 10.1. The highest BCUT2D eigenvalue weighted by molar-refractivity contribution is 7.16. The summed E-state index contributed by atoms with van der Waals surface area (Å²) in [6.45, 7) is 0. The maximum Gasteiger partial charge on any atom is 0.271 e. The summed E-state index contributed by atoms with van der Waals surface area (Å²) in [6.07, 6.45) is 0. The molecule has 0 aliphatic rings. The predicted molar refractivity (Wildman–Crippen MR) is 49.7 cm³/mol. The topological polar surface area (TPSA) is 47.0 Å². The van der Waals surface area contributed by atoms with Gasteiger partial charge in [-0.3, -0.25) is 10.1 Å². The molecule has 13 heavy (non-hydrogen) atoms. The van der Waals surface area contributed by atoms with Gasteiger partial charge in [0, 0.05) is 18.2 Å². The Kier molecular flexibility index (Phi) is 1.73. The maximum absolute atomic E-state index is 10.5. The van der Waals surface area contributed by atoms with Crippen molar-refractivity contribution in [2.24, 2.45) is 7.05 Å². The van der Waals surface area contributed by atoms with Crippen molar-refractivity contribution in [3.05, 3.63) is 33.8 Å². The van der Waals surface area contributed by atoms with Crippen LogP contribution in [0.25, 0.3) is 10.2 Å². The molecule has 0 radical (unpaired) electrons. The van der Waals surface area contributed by atoms with Crippen molar-refractivity contribution in [3.8, 4) is 0 Å². The molecule has 0 aliphatic carbocycles. The van der Waals surface area contributed by atoms with E-state index in [1.165, 1.54) is 17.4 Å². The molecule has 0 fully saturated rings. The Morgan fingerprint density at radius 3 is 3.00 bits per heavy atom. The molecule has 4 nitrogen and oxygen atoms in total. The Morgan fingerprint density at radius 2 is 2.31 bits per heavy atom. The number of nitrogens with zero attached hydrogens (tertiary/aromatic N) is 2. The lowest BCUT2D eigenvalue weighted by molar-refractivity contribution is -0.640. The van der Waals surface area contributed by atoms with E-state index in [9.17, 15) is 10.1 Å². The van der Waals surface area contributed by atoms with Crippen LogP contribution in [0.4, 0.5) is 5.69 Å². The fourth-order valence-corrected chi connectivity index (χ4v) is 2.10. The first-order valence-corrected chi connectivity index (χ1v) is 4.58. The number of aromatic nitrogens is 1. The number of fused-ring (bicyclic) bond motifs is 1.